The van der Waals surface area contributed by atoms with E-state index in [0.717, 1.165) is 83.5 Å². The number of carboxylic acid groups (broad SMARTS) is 1. The molecule has 0 saturated heterocycles. The molecule has 0 radical (unpaired) electrons. The van der Waals surface area contributed by atoms with Crippen molar-refractivity contribution in [2.45, 2.75) is 386 Å². The van der Waals surface area contributed by atoms with Crippen molar-refractivity contribution in [1.82, 2.24) is 0 Å². The molecule has 0 amide bonds. The van der Waals surface area contributed by atoms with E-state index in [9.17, 15) is 19.5 Å². The zero-order chi connectivity index (χ0) is 69.0. The number of hydrogen-bond acceptors (Lipinski definition) is 8. The number of rotatable bonds is 75. The lowest BCUT2D eigenvalue weighted by Gasteiger charge is -2.26. The fourth-order valence-electron chi connectivity index (χ4n) is 11.8. The van der Waals surface area contributed by atoms with Crippen LogP contribution in [0.25, 0.3) is 0 Å². The molecule has 550 valence electrons. The molecule has 0 fully saturated rings. The molecule has 0 bridgehead atoms. The van der Waals surface area contributed by atoms with Crippen LogP contribution in [0, 0.1) is 0 Å². The highest BCUT2D eigenvalue weighted by Crippen LogP contribution is 2.19. The lowest BCUT2D eigenvalue weighted by Crippen LogP contribution is -2.44. The second-order valence-electron chi connectivity index (χ2n) is 28.3. The molecule has 0 aliphatic heterocycles. The molecule has 95 heavy (non-hydrogen) atoms. The average Bonchev–Trinajstić information content (AvgIpc) is 3.54. The predicted octanol–water partition coefficient (Wildman–Crippen LogP) is 24.6. The number of quaternary nitrogens is 1. The number of carbonyl (C=O) groups is 3. The number of unbranched alkanes of at least 4 members (excludes halogenated alkanes) is 44. The summed E-state index contributed by atoms with van der Waals surface area (Å²) < 4.78 is 22.9. The van der Waals surface area contributed by atoms with Crippen molar-refractivity contribution in [2.75, 3.05) is 47.5 Å². The molecule has 0 heterocycles. The van der Waals surface area contributed by atoms with Gasteiger partial charge in [-0.25, -0.2) is 0 Å². The minimum Gasteiger partial charge on any atom is -0.545 e. The molecule has 2 atom stereocenters. The Bertz CT molecular complexity index is 1890. The van der Waals surface area contributed by atoms with E-state index in [1.165, 1.54) is 257 Å². The van der Waals surface area contributed by atoms with E-state index in [-0.39, 0.29) is 32.2 Å². The molecule has 9 nitrogen and oxygen atoms in total. The molecular weight excluding hydrogens is 1170 g/mol. The highest BCUT2D eigenvalue weighted by Gasteiger charge is 2.22. The van der Waals surface area contributed by atoms with E-state index in [1.54, 1.807) is 0 Å². The van der Waals surface area contributed by atoms with Crippen molar-refractivity contribution in [2.24, 2.45) is 0 Å². The zero-order valence-electron chi connectivity index (χ0n) is 63.0. The average molecular weight is 1330 g/mol. The Morgan fingerprint density at radius 3 is 0.842 bits per heavy atom. The highest BCUT2D eigenvalue weighted by molar-refractivity contribution is 5.70. The molecule has 0 spiro atoms. The van der Waals surface area contributed by atoms with Gasteiger partial charge in [0.15, 0.2) is 12.4 Å². The molecule has 0 saturated carbocycles. The predicted molar refractivity (Wildman–Crippen MR) is 407 cm³/mol. The number of aliphatic carboxylic acids is 1. The summed E-state index contributed by atoms with van der Waals surface area (Å²) in [7, 11) is 5.95. The zero-order valence-corrected chi connectivity index (χ0v) is 63.0. The largest absolute Gasteiger partial charge is 0.545 e. The van der Waals surface area contributed by atoms with Gasteiger partial charge in [-0.3, -0.25) is 9.59 Å². The van der Waals surface area contributed by atoms with Crippen LogP contribution in [-0.4, -0.2) is 82.3 Å². The SMILES string of the molecule is CC/C=C\C/C=C\C/C=C\C/C=C\CCCCCCCCCCCCCCCCCCCCCCCCCCCCCCC(=O)OC(COC(=O)CCCCCCCCCCCCCCCCCC/C=C\C/C=C\C/C=C\C/C=C\CC)COC(OCC[N+](C)(C)C)C(=O)[O-]. The van der Waals surface area contributed by atoms with Crippen LogP contribution in [0.2, 0.25) is 0 Å². The van der Waals surface area contributed by atoms with Crippen LogP contribution in [0.5, 0.6) is 0 Å². The molecule has 0 aliphatic carbocycles. The monoisotopic (exact) mass is 1330 g/mol. The molecule has 0 rings (SSSR count). The van der Waals surface area contributed by atoms with Gasteiger partial charge >= 0.3 is 11.9 Å². The van der Waals surface area contributed by atoms with Gasteiger partial charge in [0.1, 0.15) is 13.2 Å². The minimum atomic E-state index is -1.62. The maximum absolute atomic E-state index is 13.0. The van der Waals surface area contributed by atoms with Gasteiger partial charge in [-0.05, 0) is 89.9 Å². The van der Waals surface area contributed by atoms with Gasteiger partial charge in [0, 0.05) is 12.8 Å². The summed E-state index contributed by atoms with van der Waals surface area (Å²) in [5.41, 5.74) is 0. The van der Waals surface area contributed by atoms with Crippen LogP contribution in [0.4, 0.5) is 0 Å². The molecule has 9 heteroatoms. The number of nitrogens with zero attached hydrogens (tertiary/aromatic N) is 1. The molecule has 0 aromatic rings. The second kappa shape index (κ2) is 76.0. The van der Waals surface area contributed by atoms with Gasteiger partial charge in [0.05, 0.1) is 40.3 Å². The number of carboxylic acids is 1. The fraction of sp³-hybridized carbons (Fsp3) is 0.779. The van der Waals surface area contributed by atoms with E-state index in [0.29, 0.717) is 23.9 Å². The Labute approximate surface area is 588 Å². The van der Waals surface area contributed by atoms with Gasteiger partial charge in [0.2, 0.25) is 0 Å². The Kier molecular flexibility index (Phi) is 72.9. The lowest BCUT2D eigenvalue weighted by atomic mass is 10.0. The molecular formula is C86H153NO8. The summed E-state index contributed by atoms with van der Waals surface area (Å²) >= 11 is 0. The second-order valence-corrected chi connectivity index (χ2v) is 28.3. The van der Waals surface area contributed by atoms with Crippen molar-refractivity contribution in [1.29, 1.82) is 0 Å². The molecule has 0 N–H and O–H groups in total. The minimum absolute atomic E-state index is 0.148. The maximum atomic E-state index is 13.0. The fourth-order valence-corrected chi connectivity index (χ4v) is 11.8. The van der Waals surface area contributed by atoms with Gasteiger partial charge in [-0.2, -0.15) is 0 Å². The number of esters is 2. The summed E-state index contributed by atoms with van der Waals surface area (Å²) in [4.78, 5) is 37.6. The Morgan fingerprint density at radius 2 is 0.568 bits per heavy atom. The number of ether oxygens (including phenoxy) is 4. The van der Waals surface area contributed by atoms with Gasteiger partial charge in [0.25, 0.3) is 0 Å². The Morgan fingerprint density at radius 1 is 0.316 bits per heavy atom. The van der Waals surface area contributed by atoms with Crippen LogP contribution in [-0.2, 0) is 33.3 Å². The molecule has 0 aromatic carbocycles. The Balaban J connectivity index is 3.95. The third-order valence-corrected chi connectivity index (χ3v) is 17.8. The number of carbonyl (C=O) groups excluding carboxylic acids is 3. The highest BCUT2D eigenvalue weighted by atomic mass is 16.7. The van der Waals surface area contributed by atoms with E-state index in [2.05, 4.69) is 111 Å². The number of likely N-dealkylation sites (N-methyl/N-ethyl adjacent to an activating group) is 1. The van der Waals surface area contributed by atoms with E-state index >= 15 is 0 Å². The van der Waals surface area contributed by atoms with Crippen molar-refractivity contribution < 1.29 is 42.9 Å². The first kappa shape index (κ1) is 91.2. The first-order valence-electron chi connectivity index (χ1n) is 40.4. The third kappa shape index (κ3) is 77.4. The molecule has 2 unspecified atom stereocenters. The summed E-state index contributed by atoms with van der Waals surface area (Å²) in [5.74, 6) is -2.26. The van der Waals surface area contributed by atoms with Crippen LogP contribution < -0.4 is 5.11 Å². The van der Waals surface area contributed by atoms with Gasteiger partial charge in [-0.1, -0.05) is 368 Å². The van der Waals surface area contributed by atoms with Crippen molar-refractivity contribution in [3.05, 3.63) is 97.2 Å². The summed E-state index contributed by atoms with van der Waals surface area (Å²) in [6, 6.07) is 0. The van der Waals surface area contributed by atoms with Crippen LogP contribution in [0.3, 0.4) is 0 Å². The Hall–Kier alpha value is -3.79. The third-order valence-electron chi connectivity index (χ3n) is 17.8. The number of hydrogen-bond donors (Lipinski definition) is 0. The first-order valence-corrected chi connectivity index (χ1v) is 40.4. The van der Waals surface area contributed by atoms with Gasteiger partial charge in [-0.15, -0.1) is 0 Å². The van der Waals surface area contributed by atoms with Crippen molar-refractivity contribution in [3.8, 4) is 0 Å². The van der Waals surface area contributed by atoms with Crippen molar-refractivity contribution >= 4 is 17.9 Å². The van der Waals surface area contributed by atoms with E-state index in [4.69, 9.17) is 18.9 Å². The summed E-state index contributed by atoms with van der Waals surface area (Å²) in [5, 5.41) is 11.9. The maximum Gasteiger partial charge on any atom is 0.306 e. The van der Waals surface area contributed by atoms with Crippen LogP contribution in [0.15, 0.2) is 97.2 Å². The number of allylic oxidation sites excluding steroid dienone is 16. The van der Waals surface area contributed by atoms with Crippen molar-refractivity contribution in [3.63, 3.8) is 0 Å². The van der Waals surface area contributed by atoms with E-state index in [1.807, 2.05) is 21.1 Å². The normalized spacial score (nSPS) is 13.1. The quantitative estimate of drug-likeness (QED) is 0.0195. The summed E-state index contributed by atoms with van der Waals surface area (Å²) in [6.45, 7) is 4.58. The van der Waals surface area contributed by atoms with Gasteiger partial charge < -0.3 is 33.3 Å². The standard InChI is InChI=1S/C86H153NO8/c1-6-8-10-12-14-16-18-20-22-24-26-28-30-32-34-36-37-38-39-40-41-42-43-44-45-46-47-49-51-53-55-57-59-61-63-65-67-69-71-73-75-77-84(89)95-82(81-94-86(85(90)91)92-79-78-87(3,4)5)80-93-83(88)76-74-72-70-68-66-64-62-60-58-56-54-52-50-48-35-33-31-29-27-25-23-21-19-17-15-13-11-9-7-2/h8-11,14-17,20-23,26-29,82,86H,6-7,12-13,18-19,24-25,30-81H2,1-5H3/b10-8-,11-9-,16-14-,17-15-,22-20-,23-21-,28-26-,29-27-. The smallest absolute Gasteiger partial charge is 0.306 e. The lowest BCUT2D eigenvalue weighted by molar-refractivity contribution is -0.870. The van der Waals surface area contributed by atoms with E-state index < -0.39 is 24.3 Å². The van der Waals surface area contributed by atoms with Crippen LogP contribution >= 0.6 is 0 Å². The summed E-state index contributed by atoms with van der Waals surface area (Å²) in [6.07, 6.45) is 103. The first-order chi connectivity index (χ1) is 46.6. The van der Waals surface area contributed by atoms with Crippen LogP contribution in [0.1, 0.15) is 373 Å². The molecule has 0 aliphatic rings. The molecule has 0 aromatic heterocycles. The topological polar surface area (TPSA) is 111 Å².